The number of nitrogens with one attached hydrogen (secondary N) is 1. The molecule has 0 amide bonds. The van der Waals surface area contributed by atoms with Crippen LogP contribution in [-0.4, -0.2) is 74.0 Å². The zero-order chi connectivity index (χ0) is 40.0. The third kappa shape index (κ3) is 9.56. The maximum absolute atomic E-state index is 13.7. The molecule has 1 aromatic heterocycles. The Morgan fingerprint density at radius 2 is 1.13 bits per heavy atom. The summed E-state index contributed by atoms with van der Waals surface area (Å²) >= 11 is 0. The molecule has 0 saturated carbocycles. The second kappa shape index (κ2) is 15.1. The molecule has 17 heteroatoms. The number of nitrogens with zero attached hydrogens (tertiary/aromatic N) is 1. The number of aromatic amines is 1. The van der Waals surface area contributed by atoms with Crippen molar-refractivity contribution in [2.75, 3.05) is 13.2 Å². The molecule has 1 aliphatic heterocycles. The molecule has 0 spiro atoms. The molecule has 53 heavy (non-hydrogen) atoms. The van der Waals surface area contributed by atoms with E-state index in [2.05, 4.69) is 4.98 Å². The first-order valence-corrected chi connectivity index (χ1v) is 26.0. The van der Waals surface area contributed by atoms with E-state index < -0.39 is 90.4 Å². The summed E-state index contributed by atoms with van der Waals surface area (Å²) in [5, 5.41) is -0.770. The van der Waals surface area contributed by atoms with Crippen molar-refractivity contribution in [3.8, 4) is 0 Å². The van der Waals surface area contributed by atoms with Gasteiger partial charge in [0.25, 0.3) is 25.8 Å². The second-order valence-electron chi connectivity index (χ2n) is 16.8. The summed E-state index contributed by atoms with van der Waals surface area (Å²) in [6, 6.07) is 13.3. The van der Waals surface area contributed by atoms with Crippen molar-refractivity contribution in [1.82, 2.24) is 9.55 Å². The predicted molar refractivity (Wildman–Crippen MR) is 207 cm³/mol. The molecule has 13 nitrogen and oxygen atoms in total. The molecule has 1 fully saturated rings. The standard InChI is InChI=1S/C36H54N2O11S2Si2/c1-25-13-17-27(18-14-25)50(41,42)45-23-36(24-46-51(43,44)28-19-15-26(2)16-20-28)31(49-53(11,12)35(6,7)8)30(48-52(9,10)34(3,4)5)32(47-36)38-22-21-29(39)37-33(38)40/h13-22,30-32H,23-24H2,1-12H3,(H,37,39,40)/t30-,31+,32-/m1/s1. The highest BCUT2D eigenvalue weighted by Crippen LogP contribution is 2.49. The van der Waals surface area contributed by atoms with Gasteiger partial charge in [-0.2, -0.15) is 16.8 Å². The van der Waals surface area contributed by atoms with Gasteiger partial charge in [0.05, 0.1) is 9.79 Å². The summed E-state index contributed by atoms with van der Waals surface area (Å²) < 4.78 is 88.5. The maximum Gasteiger partial charge on any atom is 0.330 e. The number of hydrogen-bond acceptors (Lipinski definition) is 11. The number of hydrogen-bond donors (Lipinski definition) is 1. The van der Waals surface area contributed by atoms with Gasteiger partial charge in [0, 0.05) is 12.3 Å². The molecular formula is C36H54N2O11S2Si2. The average molecular weight is 811 g/mol. The number of H-pyrrole nitrogens is 1. The molecule has 0 unspecified atom stereocenters. The van der Waals surface area contributed by atoms with Gasteiger partial charge in [-0.25, -0.2) is 4.79 Å². The van der Waals surface area contributed by atoms with Crippen LogP contribution in [0.2, 0.25) is 36.3 Å². The van der Waals surface area contributed by atoms with E-state index in [-0.39, 0.29) is 14.8 Å². The van der Waals surface area contributed by atoms with Gasteiger partial charge in [0.2, 0.25) is 0 Å². The fourth-order valence-electron chi connectivity index (χ4n) is 5.15. The molecule has 2 heterocycles. The Kier molecular flexibility index (Phi) is 12.2. The monoisotopic (exact) mass is 810 g/mol. The first-order valence-electron chi connectivity index (χ1n) is 17.4. The zero-order valence-corrected chi connectivity index (χ0v) is 36.3. The molecule has 1 aliphatic rings. The van der Waals surface area contributed by atoms with Gasteiger partial charge in [-0.05, 0) is 74.4 Å². The van der Waals surface area contributed by atoms with Crippen molar-refractivity contribution in [1.29, 1.82) is 0 Å². The largest absolute Gasteiger partial charge is 0.408 e. The van der Waals surface area contributed by atoms with Crippen LogP contribution in [-0.2, 0) is 42.2 Å². The van der Waals surface area contributed by atoms with E-state index >= 15 is 0 Å². The van der Waals surface area contributed by atoms with Crippen LogP contribution in [0.3, 0.4) is 0 Å². The predicted octanol–water partition coefficient (Wildman–Crippen LogP) is 6.01. The fraction of sp³-hybridized carbons (Fsp3) is 0.556. The Bertz CT molecular complexity index is 2020. The van der Waals surface area contributed by atoms with Gasteiger partial charge in [-0.15, -0.1) is 0 Å². The topological polar surface area (TPSA) is 169 Å². The number of ether oxygens (including phenoxy) is 1. The smallest absolute Gasteiger partial charge is 0.330 e. The normalized spacial score (nSPS) is 20.1. The molecule has 3 aromatic rings. The van der Waals surface area contributed by atoms with Crippen molar-refractivity contribution in [2.45, 2.75) is 125 Å². The Hall–Kier alpha value is -2.75. The highest BCUT2D eigenvalue weighted by molar-refractivity contribution is 7.87. The second-order valence-corrected chi connectivity index (χ2v) is 29.5. The van der Waals surface area contributed by atoms with Crippen molar-refractivity contribution in [3.05, 3.63) is 92.8 Å². The summed E-state index contributed by atoms with van der Waals surface area (Å²) in [6.45, 7) is 22.2. The first-order chi connectivity index (χ1) is 24.1. The van der Waals surface area contributed by atoms with E-state index in [4.69, 9.17) is 22.0 Å². The van der Waals surface area contributed by atoms with Crippen molar-refractivity contribution in [2.24, 2.45) is 0 Å². The van der Waals surface area contributed by atoms with Crippen LogP contribution < -0.4 is 11.2 Å². The molecule has 0 aliphatic carbocycles. The van der Waals surface area contributed by atoms with Crippen LogP contribution in [0.1, 0.15) is 58.9 Å². The lowest BCUT2D eigenvalue weighted by molar-refractivity contribution is -0.138. The lowest BCUT2D eigenvalue weighted by atomic mass is 9.97. The minimum atomic E-state index is -4.46. The van der Waals surface area contributed by atoms with E-state index in [0.717, 1.165) is 21.8 Å². The third-order valence-corrected chi connectivity index (χ3v) is 22.1. The number of benzene rings is 2. The molecule has 4 rings (SSSR count). The van der Waals surface area contributed by atoms with E-state index in [1.807, 2.05) is 81.6 Å². The third-order valence-electron chi connectivity index (χ3n) is 10.6. The summed E-state index contributed by atoms with van der Waals surface area (Å²) in [4.78, 5) is 27.6. The Morgan fingerprint density at radius 1 is 0.717 bits per heavy atom. The Morgan fingerprint density at radius 3 is 1.53 bits per heavy atom. The summed E-state index contributed by atoms with van der Waals surface area (Å²) in [6.07, 6.45) is -2.48. The number of aryl methyl sites for hydroxylation is 2. The Labute approximate surface area is 315 Å². The number of rotatable bonds is 13. The maximum atomic E-state index is 13.7. The molecule has 1 N–H and O–H groups in total. The van der Waals surface area contributed by atoms with Crippen molar-refractivity contribution in [3.63, 3.8) is 0 Å². The van der Waals surface area contributed by atoms with E-state index in [0.29, 0.717) is 0 Å². The lowest BCUT2D eigenvalue weighted by Gasteiger charge is -2.46. The van der Waals surface area contributed by atoms with Crippen LogP contribution in [0.25, 0.3) is 0 Å². The minimum absolute atomic E-state index is 0.131. The SMILES string of the molecule is Cc1ccc(S(=O)(=O)OCC2(COS(=O)(=O)c3ccc(C)cc3)O[C@@H](n3ccc(=O)[nH]c3=O)[C@H](O[Si](C)(C)C(C)(C)C)[C@@H]2O[Si](C)(C)C(C)(C)C)cc1. The zero-order valence-electron chi connectivity index (χ0n) is 32.7. The average Bonchev–Trinajstić information content (AvgIpc) is 3.30. The molecule has 0 radical (unpaired) electrons. The molecule has 0 bridgehead atoms. The first kappa shape index (κ1) is 43.0. The summed E-state index contributed by atoms with van der Waals surface area (Å²) in [5.41, 5.74) is -1.83. The van der Waals surface area contributed by atoms with Gasteiger partial charge in [-0.1, -0.05) is 76.9 Å². The van der Waals surface area contributed by atoms with E-state index in [1.54, 1.807) is 24.3 Å². The van der Waals surface area contributed by atoms with Gasteiger partial charge < -0.3 is 13.6 Å². The van der Waals surface area contributed by atoms with Gasteiger partial charge in [0.1, 0.15) is 31.0 Å². The van der Waals surface area contributed by atoms with Crippen LogP contribution in [0.4, 0.5) is 0 Å². The molecular weight excluding hydrogens is 757 g/mol. The van der Waals surface area contributed by atoms with E-state index in [9.17, 15) is 26.4 Å². The van der Waals surface area contributed by atoms with Crippen LogP contribution in [0.5, 0.6) is 0 Å². The van der Waals surface area contributed by atoms with E-state index in [1.165, 1.54) is 30.5 Å². The molecule has 3 atom stereocenters. The number of aromatic nitrogens is 2. The lowest BCUT2D eigenvalue weighted by Crippen LogP contribution is -2.59. The van der Waals surface area contributed by atoms with Crippen molar-refractivity contribution >= 4 is 36.9 Å². The van der Waals surface area contributed by atoms with Crippen LogP contribution in [0.15, 0.2) is 80.2 Å². The van der Waals surface area contributed by atoms with Gasteiger partial charge in [-0.3, -0.25) is 22.7 Å². The Balaban J connectivity index is 1.99. The minimum Gasteiger partial charge on any atom is -0.408 e. The fourth-order valence-corrected chi connectivity index (χ4v) is 9.68. The molecule has 294 valence electrons. The van der Waals surface area contributed by atoms with Crippen LogP contribution >= 0.6 is 0 Å². The molecule has 1 saturated heterocycles. The summed E-state index contributed by atoms with van der Waals surface area (Å²) in [7, 11) is -14.6. The van der Waals surface area contributed by atoms with Crippen molar-refractivity contribution < 1.29 is 38.8 Å². The highest BCUT2D eigenvalue weighted by Gasteiger charge is 2.62. The van der Waals surface area contributed by atoms with Gasteiger partial charge >= 0.3 is 5.69 Å². The summed E-state index contributed by atoms with van der Waals surface area (Å²) in [5.74, 6) is 0. The quantitative estimate of drug-likeness (QED) is 0.159. The highest BCUT2D eigenvalue weighted by atomic mass is 32.2. The van der Waals surface area contributed by atoms with Crippen LogP contribution in [0, 0.1) is 13.8 Å². The molecule has 2 aromatic carbocycles. The van der Waals surface area contributed by atoms with Gasteiger partial charge in [0.15, 0.2) is 22.9 Å².